The lowest BCUT2D eigenvalue weighted by atomic mass is 10.2. The van der Waals surface area contributed by atoms with Gasteiger partial charge in [0.25, 0.3) is 0 Å². The molecule has 1 amide bonds. The largest absolute Gasteiger partial charge is 0.331 e. The zero-order valence-corrected chi connectivity index (χ0v) is 14.8. The van der Waals surface area contributed by atoms with E-state index in [4.69, 9.17) is 11.6 Å². The number of fused-ring (bicyclic) bond motifs is 1. The predicted molar refractivity (Wildman–Crippen MR) is 95.9 cm³/mol. The first kappa shape index (κ1) is 18.1. The molecular formula is C15H11ClFN5O3S. The highest BCUT2D eigenvalue weighted by molar-refractivity contribution is 8.00. The van der Waals surface area contributed by atoms with Crippen LogP contribution in [0.25, 0.3) is 11.2 Å². The van der Waals surface area contributed by atoms with Gasteiger partial charge in [-0.25, -0.2) is 9.97 Å². The number of H-pyrrole nitrogens is 1. The Morgan fingerprint density at radius 3 is 2.96 bits per heavy atom. The van der Waals surface area contributed by atoms with Crippen molar-refractivity contribution in [3.63, 3.8) is 0 Å². The summed E-state index contributed by atoms with van der Waals surface area (Å²) < 4.78 is 13.3. The van der Waals surface area contributed by atoms with E-state index in [1.165, 1.54) is 12.3 Å². The molecular weight excluding hydrogens is 385 g/mol. The molecule has 0 bridgehead atoms. The summed E-state index contributed by atoms with van der Waals surface area (Å²) in [5.41, 5.74) is 0.539. The van der Waals surface area contributed by atoms with E-state index in [-0.39, 0.29) is 5.69 Å². The highest BCUT2D eigenvalue weighted by Gasteiger charge is 2.19. The third-order valence-corrected chi connectivity index (χ3v) is 4.54. The fourth-order valence-electron chi connectivity index (χ4n) is 2.10. The molecule has 0 spiro atoms. The van der Waals surface area contributed by atoms with Crippen molar-refractivity contribution >= 4 is 51.8 Å². The average Bonchev–Trinajstić information content (AvgIpc) is 2.97. The first-order valence-electron chi connectivity index (χ1n) is 7.26. The lowest BCUT2D eigenvalue weighted by Gasteiger charge is -2.10. The first-order valence-corrected chi connectivity index (χ1v) is 8.52. The predicted octanol–water partition coefficient (Wildman–Crippen LogP) is 3.78. The Morgan fingerprint density at radius 1 is 1.46 bits per heavy atom. The van der Waals surface area contributed by atoms with E-state index in [9.17, 15) is 19.3 Å². The number of carbonyl (C=O) groups is 1. The molecule has 2 aromatic heterocycles. The van der Waals surface area contributed by atoms with Gasteiger partial charge in [0, 0.05) is 18.0 Å². The molecule has 0 saturated heterocycles. The van der Waals surface area contributed by atoms with Gasteiger partial charge in [-0.2, -0.15) is 4.39 Å². The van der Waals surface area contributed by atoms with Crippen LogP contribution in [-0.2, 0) is 4.79 Å². The van der Waals surface area contributed by atoms with Crippen LogP contribution in [0.1, 0.15) is 6.92 Å². The number of nitro groups is 1. The summed E-state index contributed by atoms with van der Waals surface area (Å²) in [6, 6.07) is 4.83. The van der Waals surface area contributed by atoms with E-state index in [1.54, 1.807) is 13.0 Å². The van der Waals surface area contributed by atoms with E-state index in [1.807, 2.05) is 0 Å². The minimum atomic E-state index is -0.969. The number of hydrogen-bond donors (Lipinski definition) is 2. The van der Waals surface area contributed by atoms with Gasteiger partial charge in [-0.1, -0.05) is 23.4 Å². The van der Waals surface area contributed by atoms with E-state index in [0.717, 1.165) is 23.9 Å². The maximum atomic E-state index is 13.3. The van der Waals surface area contributed by atoms with Crippen molar-refractivity contribution in [1.29, 1.82) is 0 Å². The number of aromatic nitrogens is 3. The number of nitrogens with zero attached hydrogens (tertiary/aromatic N) is 3. The van der Waals surface area contributed by atoms with Crippen molar-refractivity contribution in [3.05, 3.63) is 51.4 Å². The number of halogens is 2. The fourth-order valence-corrected chi connectivity index (χ4v) is 3.07. The van der Waals surface area contributed by atoms with Crippen LogP contribution in [0.5, 0.6) is 0 Å². The average molecular weight is 396 g/mol. The molecule has 1 aromatic carbocycles. The van der Waals surface area contributed by atoms with E-state index in [2.05, 4.69) is 20.3 Å². The summed E-state index contributed by atoms with van der Waals surface area (Å²) in [4.78, 5) is 33.5. The first-order chi connectivity index (χ1) is 12.3. The van der Waals surface area contributed by atoms with Gasteiger partial charge in [0.1, 0.15) is 0 Å². The topological polar surface area (TPSA) is 114 Å². The highest BCUT2D eigenvalue weighted by atomic mass is 35.5. The second-order valence-electron chi connectivity index (χ2n) is 5.24. The number of anilines is 1. The summed E-state index contributed by atoms with van der Waals surface area (Å²) in [5.74, 6) is -1.38. The minimum Gasteiger partial charge on any atom is -0.331 e. The van der Waals surface area contributed by atoms with Gasteiger partial charge < -0.3 is 10.3 Å². The van der Waals surface area contributed by atoms with Crippen LogP contribution in [0.15, 0.2) is 35.6 Å². The van der Waals surface area contributed by atoms with Crippen LogP contribution in [0.2, 0.25) is 5.02 Å². The third-order valence-electron chi connectivity index (χ3n) is 3.35. The van der Waals surface area contributed by atoms with Crippen molar-refractivity contribution in [2.45, 2.75) is 17.3 Å². The molecule has 0 radical (unpaired) electrons. The standard InChI is InChI=1S/C15H11ClFN5O3S/c1-7(26-15-20-11-4-8(16)6-18-13(11)21-15)14(23)19-9-2-3-10(17)12(5-9)22(24)25/h2-7H,1H3,(H,19,23)(H,18,20,21)/t7-/m1/s1. The SMILES string of the molecule is C[C@@H](Sc1nc2ncc(Cl)cc2[nH]1)C(=O)Nc1ccc(F)c([N+](=O)[O-])c1. The number of aromatic amines is 1. The third kappa shape index (κ3) is 3.92. The maximum Gasteiger partial charge on any atom is 0.306 e. The van der Waals surface area contributed by atoms with Crippen LogP contribution in [0.3, 0.4) is 0 Å². The van der Waals surface area contributed by atoms with E-state index in [0.29, 0.717) is 21.3 Å². The van der Waals surface area contributed by atoms with Gasteiger partial charge in [-0.05, 0) is 25.1 Å². The second-order valence-corrected chi connectivity index (χ2v) is 7.01. The molecule has 0 aliphatic carbocycles. The number of carbonyl (C=O) groups excluding carboxylic acids is 1. The highest BCUT2D eigenvalue weighted by Crippen LogP contribution is 2.26. The van der Waals surface area contributed by atoms with Crippen LogP contribution in [0.4, 0.5) is 15.8 Å². The molecule has 0 fully saturated rings. The lowest BCUT2D eigenvalue weighted by molar-refractivity contribution is -0.387. The van der Waals surface area contributed by atoms with Crippen LogP contribution in [0, 0.1) is 15.9 Å². The molecule has 8 nitrogen and oxygen atoms in total. The molecule has 0 aliphatic rings. The number of amides is 1. The number of hydrogen-bond acceptors (Lipinski definition) is 6. The Bertz CT molecular complexity index is 1010. The molecule has 134 valence electrons. The van der Waals surface area contributed by atoms with E-state index >= 15 is 0 Å². The van der Waals surface area contributed by atoms with Gasteiger partial charge in [-0.3, -0.25) is 14.9 Å². The lowest BCUT2D eigenvalue weighted by Crippen LogP contribution is -2.22. The summed E-state index contributed by atoms with van der Waals surface area (Å²) in [5, 5.41) is 13.6. The van der Waals surface area contributed by atoms with Crippen LogP contribution in [-0.4, -0.2) is 31.0 Å². The number of nitro benzene ring substituents is 1. The number of pyridine rings is 1. The van der Waals surface area contributed by atoms with Gasteiger partial charge in [0.2, 0.25) is 11.7 Å². The van der Waals surface area contributed by atoms with Crippen molar-refractivity contribution in [2.24, 2.45) is 0 Å². The minimum absolute atomic E-state index is 0.133. The molecule has 26 heavy (non-hydrogen) atoms. The molecule has 3 rings (SSSR count). The zero-order chi connectivity index (χ0) is 18.8. The van der Waals surface area contributed by atoms with Crippen LogP contribution < -0.4 is 5.32 Å². The van der Waals surface area contributed by atoms with Gasteiger partial charge in [0.15, 0.2) is 10.8 Å². The Labute approximate surface area is 155 Å². The van der Waals surface area contributed by atoms with Crippen molar-refractivity contribution in [2.75, 3.05) is 5.32 Å². The van der Waals surface area contributed by atoms with Crippen molar-refractivity contribution in [1.82, 2.24) is 15.0 Å². The Hall–Kier alpha value is -2.72. The molecule has 3 aromatic rings. The number of nitrogens with one attached hydrogen (secondary N) is 2. The van der Waals surface area contributed by atoms with E-state index < -0.39 is 27.6 Å². The quantitative estimate of drug-likeness (QED) is 0.386. The maximum absolute atomic E-state index is 13.3. The molecule has 2 N–H and O–H groups in total. The zero-order valence-electron chi connectivity index (χ0n) is 13.2. The van der Waals surface area contributed by atoms with Gasteiger partial charge in [0.05, 0.1) is 20.7 Å². The Balaban J connectivity index is 1.71. The summed E-state index contributed by atoms with van der Waals surface area (Å²) in [7, 11) is 0. The molecule has 1 atom stereocenters. The number of imidazole rings is 1. The summed E-state index contributed by atoms with van der Waals surface area (Å²) in [6.07, 6.45) is 1.47. The molecule has 0 unspecified atom stereocenters. The summed E-state index contributed by atoms with van der Waals surface area (Å²) in [6.45, 7) is 1.64. The second kappa shape index (κ2) is 7.26. The smallest absolute Gasteiger partial charge is 0.306 e. The van der Waals surface area contributed by atoms with Crippen molar-refractivity contribution < 1.29 is 14.1 Å². The molecule has 0 aliphatic heterocycles. The summed E-state index contributed by atoms with van der Waals surface area (Å²) >= 11 is 7.01. The molecule has 11 heteroatoms. The van der Waals surface area contributed by atoms with Gasteiger partial charge in [-0.15, -0.1) is 0 Å². The molecule has 2 heterocycles. The fraction of sp³-hybridized carbons (Fsp3) is 0.133. The number of rotatable bonds is 5. The Kier molecular flexibility index (Phi) is 5.05. The monoisotopic (exact) mass is 395 g/mol. The normalized spacial score (nSPS) is 12.1. The number of benzene rings is 1. The molecule has 0 saturated carbocycles. The Morgan fingerprint density at radius 2 is 2.23 bits per heavy atom. The van der Waals surface area contributed by atoms with Crippen molar-refractivity contribution in [3.8, 4) is 0 Å². The number of thioether (sulfide) groups is 1. The van der Waals surface area contributed by atoms with Gasteiger partial charge >= 0.3 is 5.69 Å². The van der Waals surface area contributed by atoms with Crippen LogP contribution >= 0.6 is 23.4 Å².